The maximum atomic E-state index is 15.2. The van der Waals surface area contributed by atoms with Crippen molar-refractivity contribution in [3.05, 3.63) is 66.0 Å². The molecule has 12 rings (SSSR count). The average Bonchev–Trinajstić information content (AvgIpc) is 4.05. The number of hydrogen-bond donors (Lipinski definition) is 2. The molecular weight excluding hydrogens is 893 g/mol. The van der Waals surface area contributed by atoms with Crippen molar-refractivity contribution in [3.63, 3.8) is 0 Å². The van der Waals surface area contributed by atoms with E-state index in [1.165, 1.54) is 19.3 Å². The van der Waals surface area contributed by atoms with Crippen LogP contribution >= 0.6 is 0 Å². The number of pyridine rings is 1. The fourth-order valence-corrected chi connectivity index (χ4v) is 13.4. The SMILES string of the molecule is CC(C)n1cnc2cc(-c3ccc4c(c3)N([C@H]3C[C@@H](N5CCCCC5)C3)C(=O)C43CCN(C(=O)C4CCN(C(=O)C5CCN(c6ccc(C7CCC(=O)NC7=O)cc6)CC5)CC4)CC3)nc(NC3CC3)c21. The summed E-state index contributed by atoms with van der Waals surface area (Å²) in [6.45, 7) is 10.5. The van der Waals surface area contributed by atoms with E-state index in [1.54, 1.807) is 0 Å². The first-order valence-electron chi connectivity index (χ1n) is 27.1. The molecule has 4 aromatic rings. The Balaban J connectivity index is 0.695. The van der Waals surface area contributed by atoms with Gasteiger partial charge in [-0.2, -0.15) is 0 Å². The minimum Gasteiger partial charge on any atom is -0.371 e. The number of imide groups is 1. The standard InChI is InChI=1S/C56H70N10O5/c1-35(2)65-34-57-47-33-46(59-51(50(47)65)58-40-9-10-40)39-8-14-45-48(30-39)66(43-31-42(32-43)61-22-4-3-5-23-61)55(71)56(45)20-28-64(29-21-56)54(70)38-18-26-63(27-19-38)53(69)37-16-24-62(25-17-37)41-11-6-36(7-12-41)44-13-15-49(67)60-52(44)68/h6-8,11-12,14,30,33-35,37-38,40,42-44H,3-5,9-10,13,15-29,31-32H2,1-2H3,(H,58,59)(H,60,67,68)/t42-,43+,44?. The predicted octanol–water partition coefficient (Wildman–Crippen LogP) is 7.15. The van der Waals surface area contributed by atoms with E-state index in [0.717, 1.165) is 115 Å². The average molecular weight is 963 g/mol. The molecule has 8 heterocycles. The summed E-state index contributed by atoms with van der Waals surface area (Å²) in [5.74, 6) is 0.560. The Morgan fingerprint density at radius 3 is 2.08 bits per heavy atom. The van der Waals surface area contributed by atoms with E-state index in [-0.39, 0.29) is 59.4 Å². The van der Waals surface area contributed by atoms with Gasteiger partial charge in [0.1, 0.15) is 5.52 Å². The number of piperidine rings is 5. The number of amides is 5. The maximum absolute atomic E-state index is 15.2. The van der Waals surface area contributed by atoms with Crippen molar-refractivity contribution in [2.24, 2.45) is 11.8 Å². The number of nitrogens with one attached hydrogen (secondary N) is 2. The second kappa shape index (κ2) is 18.7. The van der Waals surface area contributed by atoms with Crippen LogP contribution in [0.5, 0.6) is 0 Å². The fraction of sp³-hybridized carbons (Fsp3) is 0.589. The van der Waals surface area contributed by atoms with E-state index in [0.29, 0.717) is 76.8 Å². The molecule has 2 N–H and O–H groups in total. The predicted molar refractivity (Wildman–Crippen MR) is 273 cm³/mol. The molecular formula is C56H70N10O5. The number of carbonyl (C=O) groups is 5. The number of nitrogens with zero attached hydrogens (tertiary/aromatic N) is 8. The third-order valence-electron chi connectivity index (χ3n) is 17.9. The van der Waals surface area contributed by atoms with Gasteiger partial charge >= 0.3 is 0 Å². The van der Waals surface area contributed by atoms with E-state index in [4.69, 9.17) is 9.97 Å². The summed E-state index contributed by atoms with van der Waals surface area (Å²) in [6, 6.07) is 18.1. The number of hydrogen-bond acceptors (Lipinski definition) is 10. The number of benzene rings is 2. The van der Waals surface area contributed by atoms with E-state index in [9.17, 15) is 19.2 Å². The monoisotopic (exact) mass is 963 g/mol. The van der Waals surface area contributed by atoms with Gasteiger partial charge < -0.3 is 34.4 Å². The lowest BCUT2D eigenvalue weighted by molar-refractivity contribution is -0.144. The molecule has 1 unspecified atom stereocenters. The van der Waals surface area contributed by atoms with Gasteiger partial charge in [0.2, 0.25) is 29.5 Å². The molecule has 0 radical (unpaired) electrons. The fourth-order valence-electron chi connectivity index (χ4n) is 13.4. The van der Waals surface area contributed by atoms with Crippen LogP contribution in [0.2, 0.25) is 0 Å². The summed E-state index contributed by atoms with van der Waals surface area (Å²) >= 11 is 0. The highest BCUT2D eigenvalue weighted by atomic mass is 16.2. The lowest BCUT2D eigenvalue weighted by Crippen LogP contribution is -2.58. The van der Waals surface area contributed by atoms with Crippen LogP contribution in [0.3, 0.4) is 0 Å². The molecule has 15 heteroatoms. The third kappa shape index (κ3) is 8.57. The van der Waals surface area contributed by atoms with E-state index >= 15 is 4.79 Å². The Kier molecular flexibility index (Phi) is 12.2. The van der Waals surface area contributed by atoms with E-state index in [2.05, 4.69) is 68.0 Å². The summed E-state index contributed by atoms with van der Waals surface area (Å²) in [5, 5.41) is 6.16. The summed E-state index contributed by atoms with van der Waals surface area (Å²) in [4.78, 5) is 88.6. The summed E-state index contributed by atoms with van der Waals surface area (Å²) < 4.78 is 2.20. The zero-order chi connectivity index (χ0) is 48.5. The lowest BCUT2D eigenvalue weighted by atomic mass is 9.73. The Morgan fingerprint density at radius 2 is 1.42 bits per heavy atom. The minimum atomic E-state index is -0.669. The van der Waals surface area contributed by atoms with Crippen molar-refractivity contribution in [3.8, 4) is 11.3 Å². The quantitative estimate of drug-likeness (QED) is 0.157. The van der Waals surface area contributed by atoms with Crippen LogP contribution in [0.1, 0.15) is 133 Å². The highest BCUT2D eigenvalue weighted by Gasteiger charge is 2.56. The second-order valence-electron chi connectivity index (χ2n) is 22.5. The van der Waals surface area contributed by atoms with Gasteiger partial charge in [0.15, 0.2) is 5.82 Å². The molecule has 15 nitrogen and oxygen atoms in total. The molecule has 7 fully saturated rings. The van der Waals surface area contributed by atoms with E-state index in [1.807, 2.05) is 40.4 Å². The van der Waals surface area contributed by atoms with Gasteiger partial charge in [-0.15, -0.1) is 0 Å². The zero-order valence-electron chi connectivity index (χ0n) is 41.6. The first-order chi connectivity index (χ1) is 34.5. The number of aromatic nitrogens is 3. The highest BCUT2D eigenvalue weighted by Crippen LogP contribution is 2.52. The van der Waals surface area contributed by atoms with Crippen molar-refractivity contribution >= 4 is 57.8 Å². The lowest BCUT2D eigenvalue weighted by Gasteiger charge is -2.48. The number of likely N-dealkylation sites (tertiary alicyclic amines) is 3. The van der Waals surface area contributed by atoms with Gasteiger partial charge in [0, 0.05) is 98.6 Å². The zero-order valence-corrected chi connectivity index (χ0v) is 41.6. The third-order valence-corrected chi connectivity index (χ3v) is 17.9. The van der Waals surface area contributed by atoms with E-state index < -0.39 is 5.41 Å². The summed E-state index contributed by atoms with van der Waals surface area (Å²) in [5.41, 5.74) is 7.25. The molecule has 6 aliphatic heterocycles. The molecule has 71 heavy (non-hydrogen) atoms. The second-order valence-corrected chi connectivity index (χ2v) is 22.5. The van der Waals surface area contributed by atoms with Crippen LogP contribution < -0.4 is 20.4 Å². The molecule has 2 aromatic heterocycles. The molecule has 5 saturated heterocycles. The van der Waals surface area contributed by atoms with Crippen LogP contribution in [0, 0.1) is 11.8 Å². The minimum absolute atomic E-state index is 0.0334. The van der Waals surface area contributed by atoms with Gasteiger partial charge in [-0.25, -0.2) is 9.97 Å². The molecule has 8 aliphatic rings. The highest BCUT2D eigenvalue weighted by molar-refractivity contribution is 6.09. The molecule has 374 valence electrons. The van der Waals surface area contributed by atoms with Crippen molar-refractivity contribution in [2.45, 2.75) is 146 Å². The van der Waals surface area contributed by atoms with Gasteiger partial charge in [-0.1, -0.05) is 30.7 Å². The number of imidazole rings is 1. The van der Waals surface area contributed by atoms with Crippen molar-refractivity contribution in [1.29, 1.82) is 0 Å². The Morgan fingerprint density at radius 1 is 0.746 bits per heavy atom. The molecule has 1 atom stereocenters. The van der Waals surface area contributed by atoms with Gasteiger partial charge in [-0.05, 0) is 146 Å². The van der Waals surface area contributed by atoms with Crippen LogP contribution in [0.25, 0.3) is 22.3 Å². The topological polar surface area (TPSA) is 156 Å². The summed E-state index contributed by atoms with van der Waals surface area (Å²) in [6.07, 6.45) is 15.0. The molecule has 1 spiro atoms. The Hall–Kier alpha value is -5.83. The van der Waals surface area contributed by atoms with Crippen molar-refractivity contribution in [2.75, 3.05) is 67.5 Å². The van der Waals surface area contributed by atoms with Gasteiger partial charge in [0.05, 0.1) is 28.9 Å². The molecule has 2 aromatic carbocycles. The first-order valence-corrected chi connectivity index (χ1v) is 27.1. The largest absolute Gasteiger partial charge is 0.371 e. The number of carbonyl (C=O) groups excluding carboxylic acids is 5. The summed E-state index contributed by atoms with van der Waals surface area (Å²) in [7, 11) is 0. The number of fused-ring (bicyclic) bond motifs is 3. The Labute approximate surface area is 417 Å². The van der Waals surface area contributed by atoms with Crippen LogP contribution in [0.4, 0.5) is 17.2 Å². The first kappa shape index (κ1) is 46.3. The van der Waals surface area contributed by atoms with Crippen LogP contribution in [-0.2, 0) is 29.4 Å². The molecule has 0 bridgehead atoms. The molecule has 2 aliphatic carbocycles. The van der Waals surface area contributed by atoms with Crippen LogP contribution in [-0.4, -0.2) is 129 Å². The number of rotatable bonds is 10. The maximum Gasteiger partial charge on any atom is 0.238 e. The molecule has 5 amide bonds. The van der Waals surface area contributed by atoms with Crippen molar-refractivity contribution in [1.82, 2.24) is 34.6 Å². The smallest absolute Gasteiger partial charge is 0.238 e. The van der Waals surface area contributed by atoms with Crippen LogP contribution in [0.15, 0.2) is 54.9 Å². The number of anilines is 3. The van der Waals surface area contributed by atoms with Gasteiger partial charge in [-0.3, -0.25) is 29.3 Å². The molecule has 2 saturated carbocycles. The Bertz CT molecular complexity index is 2710. The van der Waals surface area contributed by atoms with Gasteiger partial charge in [0.25, 0.3) is 0 Å². The van der Waals surface area contributed by atoms with Crippen molar-refractivity contribution < 1.29 is 24.0 Å². The normalized spacial score (nSPS) is 25.5.